The third kappa shape index (κ3) is 2.13. The molecule has 0 amide bonds. The van der Waals surface area contributed by atoms with E-state index >= 15 is 0 Å². The van der Waals surface area contributed by atoms with E-state index in [2.05, 4.69) is 34.9 Å². The van der Waals surface area contributed by atoms with Crippen LogP contribution in [0.4, 0.5) is 11.6 Å². The van der Waals surface area contributed by atoms with Crippen LogP contribution in [0.1, 0.15) is 12.7 Å². The second kappa shape index (κ2) is 5.32. The maximum absolute atomic E-state index is 5.48. The summed E-state index contributed by atoms with van der Waals surface area (Å²) in [6, 6.07) is 0. The van der Waals surface area contributed by atoms with E-state index in [1.807, 2.05) is 6.92 Å². The first-order valence-corrected chi connectivity index (χ1v) is 6.58. The van der Waals surface area contributed by atoms with Gasteiger partial charge in [-0.05, 0) is 6.92 Å². The molecule has 106 valence electrons. The summed E-state index contributed by atoms with van der Waals surface area (Å²) in [5.74, 6) is 3.10. The number of aromatic nitrogens is 5. The van der Waals surface area contributed by atoms with Crippen LogP contribution in [0.15, 0.2) is 12.7 Å². The van der Waals surface area contributed by atoms with E-state index in [9.17, 15) is 0 Å². The van der Waals surface area contributed by atoms with Gasteiger partial charge in [-0.2, -0.15) is 0 Å². The minimum atomic E-state index is 0.666. The lowest BCUT2D eigenvalue weighted by atomic mass is 10.3. The maximum atomic E-state index is 5.48. The molecule has 2 aromatic heterocycles. The first-order valence-electron chi connectivity index (χ1n) is 6.58. The van der Waals surface area contributed by atoms with Crippen molar-refractivity contribution in [3.8, 4) is 5.75 Å². The van der Waals surface area contributed by atoms with Crippen LogP contribution in [-0.2, 0) is 13.1 Å². The van der Waals surface area contributed by atoms with Crippen LogP contribution in [-0.4, -0.2) is 44.9 Å². The number of ether oxygens (including phenoxy) is 1. The van der Waals surface area contributed by atoms with Gasteiger partial charge in [0.1, 0.15) is 12.7 Å². The van der Waals surface area contributed by atoms with Crippen molar-refractivity contribution in [3.63, 3.8) is 0 Å². The average molecular weight is 275 g/mol. The van der Waals surface area contributed by atoms with Crippen LogP contribution in [0, 0.1) is 0 Å². The molecule has 8 nitrogen and oxygen atoms in total. The number of hydrogen-bond donors (Lipinski definition) is 1. The Hall–Kier alpha value is -2.38. The van der Waals surface area contributed by atoms with Gasteiger partial charge in [-0.3, -0.25) is 0 Å². The number of methoxy groups -OCH3 is 1. The molecule has 0 unspecified atom stereocenters. The fraction of sp³-hybridized carbons (Fsp3) is 0.500. The second-order valence-electron chi connectivity index (χ2n) is 4.47. The summed E-state index contributed by atoms with van der Waals surface area (Å²) in [5, 5.41) is 11.2. The molecule has 0 saturated carbocycles. The molecule has 2 aromatic rings. The van der Waals surface area contributed by atoms with Crippen LogP contribution in [0.3, 0.4) is 0 Å². The Morgan fingerprint density at radius 2 is 2.25 bits per heavy atom. The Morgan fingerprint density at radius 1 is 1.35 bits per heavy atom. The summed E-state index contributed by atoms with van der Waals surface area (Å²) < 4.78 is 7.53. The molecule has 0 aliphatic carbocycles. The highest BCUT2D eigenvalue weighted by Crippen LogP contribution is 2.33. The fourth-order valence-corrected chi connectivity index (χ4v) is 2.32. The van der Waals surface area contributed by atoms with E-state index in [1.54, 1.807) is 19.8 Å². The average Bonchev–Trinajstić information content (AvgIpc) is 2.94. The van der Waals surface area contributed by atoms with Crippen LogP contribution in [0.25, 0.3) is 0 Å². The second-order valence-corrected chi connectivity index (χ2v) is 4.47. The van der Waals surface area contributed by atoms with Crippen LogP contribution >= 0.6 is 0 Å². The van der Waals surface area contributed by atoms with Crippen LogP contribution in [0.5, 0.6) is 5.75 Å². The van der Waals surface area contributed by atoms with Crippen molar-refractivity contribution < 1.29 is 4.74 Å². The molecule has 0 bridgehead atoms. The van der Waals surface area contributed by atoms with E-state index in [-0.39, 0.29) is 0 Å². The van der Waals surface area contributed by atoms with Crippen molar-refractivity contribution in [2.24, 2.45) is 0 Å². The van der Waals surface area contributed by atoms with Gasteiger partial charge >= 0.3 is 0 Å². The summed E-state index contributed by atoms with van der Waals surface area (Å²) in [7, 11) is 1.63. The maximum Gasteiger partial charge on any atom is 0.204 e. The van der Waals surface area contributed by atoms with Crippen molar-refractivity contribution in [2.75, 3.05) is 30.4 Å². The number of fused-ring (bicyclic) bond motifs is 1. The Balaban J connectivity index is 1.92. The van der Waals surface area contributed by atoms with Crippen LogP contribution in [0.2, 0.25) is 0 Å². The predicted octanol–water partition coefficient (Wildman–Crippen LogP) is 0.529. The Labute approximate surface area is 116 Å². The third-order valence-electron chi connectivity index (χ3n) is 3.27. The van der Waals surface area contributed by atoms with Crippen molar-refractivity contribution in [3.05, 3.63) is 18.5 Å². The van der Waals surface area contributed by atoms with E-state index < -0.39 is 0 Å². The fourth-order valence-electron chi connectivity index (χ4n) is 2.32. The Kier molecular flexibility index (Phi) is 3.36. The minimum absolute atomic E-state index is 0.666. The highest BCUT2D eigenvalue weighted by Gasteiger charge is 2.23. The van der Waals surface area contributed by atoms with Gasteiger partial charge in [0.2, 0.25) is 5.75 Å². The zero-order chi connectivity index (χ0) is 13.9. The van der Waals surface area contributed by atoms with Crippen molar-refractivity contribution in [1.29, 1.82) is 0 Å². The third-order valence-corrected chi connectivity index (χ3v) is 3.27. The van der Waals surface area contributed by atoms with Gasteiger partial charge in [-0.25, -0.2) is 9.97 Å². The SMILES string of the molecule is CCNc1ncnc(N2CCn3cnnc3C2)c1OC. The zero-order valence-corrected chi connectivity index (χ0v) is 11.6. The van der Waals surface area contributed by atoms with Gasteiger partial charge in [-0.15, -0.1) is 10.2 Å². The molecule has 0 radical (unpaired) electrons. The normalized spacial score (nSPS) is 14.0. The standard InChI is InChI=1S/C12H17N7O/c1-3-13-11-10(20-2)12(15-7-14-11)18-4-5-19-8-16-17-9(19)6-18/h7-8H,3-6H2,1-2H3,(H,13,14,15). The predicted molar refractivity (Wildman–Crippen MR) is 73.8 cm³/mol. The molecule has 20 heavy (non-hydrogen) atoms. The molecule has 0 atom stereocenters. The van der Waals surface area contributed by atoms with Crippen molar-refractivity contribution in [1.82, 2.24) is 24.7 Å². The molecule has 0 fully saturated rings. The zero-order valence-electron chi connectivity index (χ0n) is 11.6. The topological polar surface area (TPSA) is 81.0 Å². The summed E-state index contributed by atoms with van der Waals surface area (Å²) >= 11 is 0. The van der Waals surface area contributed by atoms with Gasteiger partial charge in [-0.1, -0.05) is 0 Å². The minimum Gasteiger partial charge on any atom is -0.490 e. The molecule has 0 spiro atoms. The summed E-state index contributed by atoms with van der Waals surface area (Å²) in [6.45, 7) is 5.14. The number of rotatable bonds is 4. The lowest BCUT2D eigenvalue weighted by molar-refractivity contribution is 0.409. The lowest BCUT2D eigenvalue weighted by Gasteiger charge is -2.29. The largest absolute Gasteiger partial charge is 0.490 e. The molecule has 1 aliphatic rings. The number of hydrogen-bond acceptors (Lipinski definition) is 7. The number of nitrogens with one attached hydrogen (secondary N) is 1. The summed E-state index contributed by atoms with van der Waals surface area (Å²) in [4.78, 5) is 10.7. The van der Waals surface area contributed by atoms with Gasteiger partial charge in [0.15, 0.2) is 17.5 Å². The molecular weight excluding hydrogens is 258 g/mol. The molecule has 0 saturated heterocycles. The molecule has 1 N–H and O–H groups in total. The van der Waals surface area contributed by atoms with Crippen molar-refractivity contribution in [2.45, 2.75) is 20.0 Å². The smallest absolute Gasteiger partial charge is 0.204 e. The molecule has 3 heterocycles. The first kappa shape index (κ1) is 12.6. The van der Waals surface area contributed by atoms with E-state index in [4.69, 9.17) is 4.74 Å². The Bertz CT molecular complexity index is 597. The van der Waals surface area contributed by atoms with Gasteiger partial charge in [0, 0.05) is 19.6 Å². The first-order chi connectivity index (χ1) is 9.83. The molecule has 0 aromatic carbocycles. The van der Waals surface area contributed by atoms with Crippen molar-refractivity contribution >= 4 is 11.6 Å². The van der Waals surface area contributed by atoms with Gasteiger partial charge in [0.25, 0.3) is 0 Å². The van der Waals surface area contributed by atoms with Gasteiger partial charge < -0.3 is 19.5 Å². The molecule has 3 rings (SSSR count). The van der Waals surface area contributed by atoms with E-state index in [0.717, 1.165) is 31.3 Å². The lowest BCUT2D eigenvalue weighted by Crippen LogP contribution is -2.34. The Morgan fingerprint density at radius 3 is 3.05 bits per heavy atom. The summed E-state index contributed by atoms with van der Waals surface area (Å²) in [5.41, 5.74) is 0. The molecule has 8 heteroatoms. The number of nitrogens with zero attached hydrogens (tertiary/aromatic N) is 6. The highest BCUT2D eigenvalue weighted by molar-refractivity contribution is 5.64. The summed E-state index contributed by atoms with van der Waals surface area (Å²) in [6.07, 6.45) is 3.31. The number of anilines is 2. The van der Waals surface area contributed by atoms with Gasteiger partial charge in [0.05, 0.1) is 13.7 Å². The van der Waals surface area contributed by atoms with E-state index in [1.165, 1.54) is 0 Å². The molecular formula is C12H17N7O. The highest BCUT2D eigenvalue weighted by atomic mass is 16.5. The van der Waals surface area contributed by atoms with E-state index in [0.29, 0.717) is 18.1 Å². The quantitative estimate of drug-likeness (QED) is 0.871. The van der Waals surface area contributed by atoms with Crippen LogP contribution < -0.4 is 15.0 Å². The molecule has 1 aliphatic heterocycles. The monoisotopic (exact) mass is 275 g/mol.